The Bertz CT molecular complexity index is 830. The molecule has 3 N–H and O–H groups in total. The number of carbonyl (C=O) groups excluding carboxylic acids is 1. The number of nitrogens with one attached hydrogen (secondary N) is 2. The molecule has 0 heterocycles. The highest BCUT2D eigenvalue weighted by atomic mass is 127. The molecule has 1 fully saturated rings. The summed E-state index contributed by atoms with van der Waals surface area (Å²) in [6.07, 6.45) is 2.24. The van der Waals surface area contributed by atoms with Crippen LogP contribution >= 0.6 is 34.2 Å². The normalized spacial score (nSPS) is 15.2. The summed E-state index contributed by atoms with van der Waals surface area (Å²) < 4.78 is 14.6. The van der Waals surface area contributed by atoms with Gasteiger partial charge >= 0.3 is 0 Å². The molecule has 0 radical (unpaired) electrons. The number of hydrogen-bond donors (Lipinski definition) is 3. The molecule has 0 aliphatic heterocycles. The average Bonchev–Trinajstić information content (AvgIpc) is 2.56. The molecule has 2 aromatic rings. The van der Waals surface area contributed by atoms with Crippen LogP contribution in [-0.4, -0.2) is 23.2 Å². The second-order valence-electron chi connectivity index (χ2n) is 6.24. The van der Waals surface area contributed by atoms with Crippen LogP contribution in [0.3, 0.4) is 0 Å². The number of benzene rings is 2. The summed E-state index contributed by atoms with van der Waals surface area (Å²) in [4.78, 5) is 17.5. The predicted octanol–water partition coefficient (Wildman–Crippen LogP) is 4.40. The summed E-state index contributed by atoms with van der Waals surface area (Å²) in [5, 5.41) is 13.4. The molecule has 1 saturated carbocycles. The second-order valence-corrected chi connectivity index (χ2v) is 7.89. The first-order valence-electron chi connectivity index (χ1n) is 8.02. The van der Waals surface area contributed by atoms with Gasteiger partial charge in [-0.3, -0.25) is 9.63 Å². The molecule has 0 aromatic heterocycles. The van der Waals surface area contributed by atoms with E-state index in [0.717, 1.165) is 9.99 Å². The monoisotopic (exact) mass is 490 g/mol. The topological polar surface area (TPSA) is 70.6 Å². The van der Waals surface area contributed by atoms with Crippen molar-refractivity contribution in [1.82, 2.24) is 5.48 Å². The van der Waals surface area contributed by atoms with Crippen molar-refractivity contribution in [3.63, 3.8) is 0 Å². The zero-order valence-corrected chi connectivity index (χ0v) is 16.6. The van der Waals surface area contributed by atoms with Gasteiger partial charge in [-0.1, -0.05) is 11.6 Å². The lowest BCUT2D eigenvalue weighted by atomic mass is 9.81. The van der Waals surface area contributed by atoms with Gasteiger partial charge in [-0.05, 0) is 78.3 Å². The summed E-state index contributed by atoms with van der Waals surface area (Å²) in [6.45, 7) is 0.0195. The Morgan fingerprint density at radius 3 is 2.69 bits per heavy atom. The average molecular weight is 491 g/mol. The van der Waals surface area contributed by atoms with E-state index in [4.69, 9.17) is 16.4 Å². The number of amides is 1. The maximum absolute atomic E-state index is 13.7. The van der Waals surface area contributed by atoms with E-state index < -0.39 is 17.3 Å². The molecule has 0 saturated heterocycles. The summed E-state index contributed by atoms with van der Waals surface area (Å²) in [5.74, 6) is -1.03. The van der Waals surface area contributed by atoms with Crippen molar-refractivity contribution in [3.05, 3.63) is 56.4 Å². The first kappa shape index (κ1) is 19.3. The lowest BCUT2D eigenvalue weighted by Gasteiger charge is -2.35. The van der Waals surface area contributed by atoms with Crippen molar-refractivity contribution in [3.8, 4) is 0 Å². The standard InChI is InChI=1S/C18H17ClFIN2O3/c19-14-9-12(21)3-5-15(14)22-16-8-11(20)2-4-13(16)17(24)23-26-10-18(25)6-1-7-18/h2-5,8-9,22,25H,1,6-7,10H2,(H,23,24). The van der Waals surface area contributed by atoms with Crippen LogP contribution in [0.15, 0.2) is 36.4 Å². The number of aliphatic hydroxyl groups is 1. The van der Waals surface area contributed by atoms with Crippen molar-refractivity contribution in [2.45, 2.75) is 24.9 Å². The number of hydrogen-bond acceptors (Lipinski definition) is 4. The minimum atomic E-state index is -0.869. The Morgan fingerprint density at radius 1 is 1.27 bits per heavy atom. The second kappa shape index (κ2) is 8.08. The fraction of sp³-hybridized carbons (Fsp3) is 0.278. The molecule has 1 amide bonds. The van der Waals surface area contributed by atoms with E-state index in [1.165, 1.54) is 18.2 Å². The van der Waals surface area contributed by atoms with Crippen LogP contribution in [0, 0.1) is 9.39 Å². The third-order valence-corrected chi connectivity index (χ3v) is 5.20. The molecular formula is C18H17ClFIN2O3. The molecule has 0 bridgehead atoms. The summed E-state index contributed by atoms with van der Waals surface area (Å²) in [6, 6.07) is 9.11. The van der Waals surface area contributed by atoms with Crippen molar-refractivity contribution < 1.29 is 19.1 Å². The quantitative estimate of drug-likeness (QED) is 0.415. The Hall–Kier alpha value is -1.42. The number of rotatable bonds is 6. The summed E-state index contributed by atoms with van der Waals surface area (Å²) in [5.41, 5.74) is 2.44. The molecule has 8 heteroatoms. The SMILES string of the molecule is O=C(NOCC1(O)CCC1)c1ccc(F)cc1Nc1ccc(I)cc1Cl. The lowest BCUT2D eigenvalue weighted by molar-refractivity contribution is -0.113. The Morgan fingerprint density at radius 2 is 2.04 bits per heavy atom. The van der Waals surface area contributed by atoms with E-state index in [1.807, 2.05) is 6.07 Å². The van der Waals surface area contributed by atoms with Crippen LogP contribution in [0.4, 0.5) is 15.8 Å². The highest BCUT2D eigenvalue weighted by Crippen LogP contribution is 2.32. The lowest BCUT2D eigenvalue weighted by Crippen LogP contribution is -2.44. The minimum absolute atomic E-state index is 0.0195. The van der Waals surface area contributed by atoms with Gasteiger partial charge in [0, 0.05) is 3.57 Å². The van der Waals surface area contributed by atoms with Gasteiger partial charge in [0.1, 0.15) is 12.4 Å². The summed E-state index contributed by atoms with van der Waals surface area (Å²) >= 11 is 8.33. The fourth-order valence-electron chi connectivity index (χ4n) is 2.57. The van der Waals surface area contributed by atoms with Crippen molar-refractivity contribution in [1.29, 1.82) is 0 Å². The molecular weight excluding hydrogens is 474 g/mol. The van der Waals surface area contributed by atoms with Gasteiger partial charge in [-0.2, -0.15) is 0 Å². The molecule has 2 aromatic carbocycles. The van der Waals surface area contributed by atoms with E-state index >= 15 is 0 Å². The predicted molar refractivity (Wildman–Crippen MR) is 106 cm³/mol. The van der Waals surface area contributed by atoms with Crippen molar-refractivity contribution in [2.24, 2.45) is 0 Å². The van der Waals surface area contributed by atoms with Crippen LogP contribution < -0.4 is 10.8 Å². The third-order valence-electron chi connectivity index (χ3n) is 4.22. The highest BCUT2D eigenvalue weighted by Gasteiger charge is 2.35. The third kappa shape index (κ3) is 4.64. The van der Waals surface area contributed by atoms with Crippen LogP contribution in [0.5, 0.6) is 0 Å². The zero-order valence-electron chi connectivity index (χ0n) is 13.7. The van der Waals surface area contributed by atoms with E-state index in [1.54, 1.807) is 12.1 Å². The molecule has 1 aliphatic carbocycles. The number of halogens is 3. The van der Waals surface area contributed by atoms with E-state index in [9.17, 15) is 14.3 Å². The maximum atomic E-state index is 13.7. The first-order valence-corrected chi connectivity index (χ1v) is 9.48. The zero-order chi connectivity index (χ0) is 18.7. The maximum Gasteiger partial charge on any atom is 0.276 e. The van der Waals surface area contributed by atoms with Crippen LogP contribution in [-0.2, 0) is 4.84 Å². The van der Waals surface area contributed by atoms with Crippen LogP contribution in [0.2, 0.25) is 5.02 Å². The van der Waals surface area contributed by atoms with Crippen LogP contribution in [0.25, 0.3) is 0 Å². The number of anilines is 2. The molecule has 138 valence electrons. The summed E-state index contributed by atoms with van der Waals surface area (Å²) in [7, 11) is 0. The molecule has 0 atom stereocenters. The van der Waals surface area contributed by atoms with Gasteiger partial charge in [-0.25, -0.2) is 9.87 Å². The molecule has 1 aliphatic rings. The van der Waals surface area contributed by atoms with E-state index in [-0.39, 0.29) is 17.9 Å². The van der Waals surface area contributed by atoms with Gasteiger partial charge in [0.25, 0.3) is 5.91 Å². The van der Waals surface area contributed by atoms with Crippen molar-refractivity contribution >= 4 is 51.5 Å². The number of carbonyl (C=O) groups is 1. The van der Waals surface area contributed by atoms with Gasteiger partial charge in [0.2, 0.25) is 0 Å². The Kier molecular flexibility index (Phi) is 6.01. The molecule has 3 rings (SSSR count). The van der Waals surface area contributed by atoms with Gasteiger partial charge in [-0.15, -0.1) is 0 Å². The minimum Gasteiger partial charge on any atom is -0.387 e. The van der Waals surface area contributed by atoms with E-state index in [0.29, 0.717) is 23.6 Å². The van der Waals surface area contributed by atoms with Crippen molar-refractivity contribution in [2.75, 3.05) is 11.9 Å². The smallest absolute Gasteiger partial charge is 0.276 e. The fourth-order valence-corrected chi connectivity index (χ4v) is 3.48. The molecule has 0 unspecified atom stereocenters. The molecule has 26 heavy (non-hydrogen) atoms. The Balaban J connectivity index is 1.73. The molecule has 0 spiro atoms. The Labute approximate surface area is 169 Å². The molecule has 5 nitrogen and oxygen atoms in total. The largest absolute Gasteiger partial charge is 0.387 e. The highest BCUT2D eigenvalue weighted by molar-refractivity contribution is 14.1. The van der Waals surface area contributed by atoms with E-state index in [2.05, 4.69) is 33.4 Å². The first-order chi connectivity index (χ1) is 12.4. The van der Waals surface area contributed by atoms with Crippen LogP contribution in [0.1, 0.15) is 29.6 Å². The number of hydroxylamine groups is 1. The van der Waals surface area contributed by atoms with Gasteiger partial charge < -0.3 is 10.4 Å². The van der Waals surface area contributed by atoms with Gasteiger partial charge in [0.05, 0.1) is 27.6 Å². The van der Waals surface area contributed by atoms with Gasteiger partial charge in [0.15, 0.2) is 0 Å².